The number of hydrogen-bond donors (Lipinski definition) is 0. The van der Waals surface area contributed by atoms with E-state index in [1.165, 1.54) is 11.0 Å². The fourth-order valence-electron chi connectivity index (χ4n) is 2.31. The molecule has 0 unspecified atom stereocenters. The van der Waals surface area contributed by atoms with Crippen molar-refractivity contribution in [3.63, 3.8) is 0 Å². The second-order valence-corrected chi connectivity index (χ2v) is 6.78. The van der Waals surface area contributed by atoms with Crippen molar-refractivity contribution in [2.45, 2.75) is 13.5 Å². The number of halogens is 2. The number of amides is 1. The van der Waals surface area contributed by atoms with Crippen LogP contribution in [0.3, 0.4) is 0 Å². The molecule has 2 aromatic rings. The Morgan fingerprint density at radius 3 is 2.42 bits per heavy atom. The van der Waals surface area contributed by atoms with E-state index in [-0.39, 0.29) is 11.5 Å². The molecule has 0 aliphatic carbocycles. The standard InChI is InChI=1S/C20H18Cl2N2O2/c1-13-5-4-6-14(7-13)12-26-19-17(21)9-15(10-18(19)22)8-16(11-23)20(25)24(2)3/h4-10H,12H2,1-3H3/b16-8-. The molecular weight excluding hydrogens is 371 g/mol. The second kappa shape index (κ2) is 8.75. The van der Waals surface area contributed by atoms with Gasteiger partial charge in [-0.15, -0.1) is 0 Å². The van der Waals surface area contributed by atoms with Crippen LogP contribution in [0.25, 0.3) is 6.08 Å². The van der Waals surface area contributed by atoms with Gasteiger partial charge in [-0.05, 0) is 36.3 Å². The third-order valence-electron chi connectivity index (χ3n) is 3.55. The molecule has 4 nitrogen and oxygen atoms in total. The van der Waals surface area contributed by atoms with Crippen molar-refractivity contribution < 1.29 is 9.53 Å². The topological polar surface area (TPSA) is 53.3 Å². The molecule has 0 spiro atoms. The lowest BCUT2D eigenvalue weighted by molar-refractivity contribution is -0.124. The minimum absolute atomic E-state index is 0.00411. The highest BCUT2D eigenvalue weighted by Gasteiger charge is 2.14. The predicted molar refractivity (Wildman–Crippen MR) is 104 cm³/mol. The molecule has 0 atom stereocenters. The van der Waals surface area contributed by atoms with Gasteiger partial charge in [-0.2, -0.15) is 5.26 Å². The van der Waals surface area contributed by atoms with E-state index in [0.29, 0.717) is 28.0 Å². The molecule has 0 saturated carbocycles. The Labute approximate surface area is 163 Å². The maximum Gasteiger partial charge on any atom is 0.264 e. The molecule has 0 bridgehead atoms. The quantitative estimate of drug-likeness (QED) is 0.541. The van der Waals surface area contributed by atoms with Crippen LogP contribution in [0.5, 0.6) is 5.75 Å². The molecule has 0 aliphatic heterocycles. The summed E-state index contributed by atoms with van der Waals surface area (Å²) in [4.78, 5) is 13.3. The minimum atomic E-state index is -0.389. The predicted octanol–water partition coefficient (Wildman–Crippen LogP) is 4.88. The first-order valence-electron chi connectivity index (χ1n) is 7.82. The fourth-order valence-corrected chi connectivity index (χ4v) is 2.92. The molecule has 6 heteroatoms. The van der Waals surface area contributed by atoms with Gasteiger partial charge in [-0.1, -0.05) is 53.0 Å². The molecular formula is C20H18Cl2N2O2. The first kappa shape index (κ1) is 19.8. The molecule has 2 rings (SSSR count). The van der Waals surface area contributed by atoms with Crippen molar-refractivity contribution >= 4 is 35.2 Å². The summed E-state index contributed by atoms with van der Waals surface area (Å²) in [7, 11) is 3.16. The molecule has 0 saturated heterocycles. The largest absolute Gasteiger partial charge is 0.486 e. The zero-order valence-corrected chi connectivity index (χ0v) is 16.2. The summed E-state index contributed by atoms with van der Waals surface area (Å²) in [5.74, 6) is -0.0241. The molecule has 0 aliphatic rings. The summed E-state index contributed by atoms with van der Waals surface area (Å²) < 4.78 is 5.76. The maximum absolute atomic E-state index is 11.9. The van der Waals surface area contributed by atoms with Gasteiger partial charge >= 0.3 is 0 Å². The normalized spacial score (nSPS) is 11.0. The SMILES string of the molecule is Cc1cccc(COc2c(Cl)cc(/C=C(/C#N)C(=O)N(C)C)cc2Cl)c1. The number of carbonyl (C=O) groups excluding carboxylic acids is 1. The van der Waals surface area contributed by atoms with Crippen LogP contribution in [0.4, 0.5) is 0 Å². The Hall–Kier alpha value is -2.48. The lowest BCUT2D eigenvalue weighted by atomic mass is 10.1. The summed E-state index contributed by atoms with van der Waals surface area (Å²) in [5, 5.41) is 9.80. The smallest absolute Gasteiger partial charge is 0.264 e. The van der Waals surface area contributed by atoms with Gasteiger partial charge in [0.1, 0.15) is 18.2 Å². The summed E-state index contributed by atoms with van der Waals surface area (Å²) in [6.45, 7) is 2.34. The lowest BCUT2D eigenvalue weighted by Crippen LogP contribution is -2.22. The zero-order valence-electron chi connectivity index (χ0n) is 14.7. The van der Waals surface area contributed by atoms with Crippen LogP contribution in [0.1, 0.15) is 16.7 Å². The lowest BCUT2D eigenvalue weighted by Gasteiger charge is -2.12. The highest BCUT2D eigenvalue weighted by Crippen LogP contribution is 2.35. The van der Waals surface area contributed by atoms with E-state index < -0.39 is 0 Å². The monoisotopic (exact) mass is 388 g/mol. The van der Waals surface area contributed by atoms with Gasteiger partial charge in [0.15, 0.2) is 5.75 Å². The zero-order chi connectivity index (χ0) is 19.3. The van der Waals surface area contributed by atoms with Gasteiger partial charge in [0.25, 0.3) is 5.91 Å². The number of carbonyl (C=O) groups is 1. The highest BCUT2D eigenvalue weighted by atomic mass is 35.5. The Kier molecular flexibility index (Phi) is 6.68. The number of ether oxygens (including phenoxy) is 1. The molecule has 134 valence electrons. The van der Waals surface area contributed by atoms with Crippen LogP contribution >= 0.6 is 23.2 Å². The second-order valence-electron chi connectivity index (χ2n) is 5.96. The minimum Gasteiger partial charge on any atom is -0.486 e. The molecule has 2 aromatic carbocycles. The Bertz CT molecular complexity index is 876. The number of hydrogen-bond acceptors (Lipinski definition) is 3. The third kappa shape index (κ3) is 5.01. The van der Waals surface area contributed by atoms with Crippen LogP contribution in [0.2, 0.25) is 10.0 Å². The van der Waals surface area contributed by atoms with E-state index >= 15 is 0 Å². The third-order valence-corrected chi connectivity index (χ3v) is 4.12. The van der Waals surface area contributed by atoms with E-state index in [1.807, 2.05) is 37.3 Å². The van der Waals surface area contributed by atoms with E-state index in [0.717, 1.165) is 11.1 Å². The van der Waals surface area contributed by atoms with Gasteiger partial charge < -0.3 is 9.64 Å². The number of aryl methyl sites for hydroxylation is 1. The molecule has 0 aromatic heterocycles. The van der Waals surface area contributed by atoms with Crippen LogP contribution in [-0.4, -0.2) is 24.9 Å². The van der Waals surface area contributed by atoms with Gasteiger partial charge in [-0.25, -0.2) is 0 Å². The Morgan fingerprint density at radius 1 is 1.23 bits per heavy atom. The van der Waals surface area contributed by atoms with E-state index in [4.69, 9.17) is 27.9 Å². The van der Waals surface area contributed by atoms with Crippen LogP contribution in [0.15, 0.2) is 42.0 Å². The average molecular weight is 389 g/mol. The van der Waals surface area contributed by atoms with Crippen molar-refractivity contribution in [1.82, 2.24) is 4.90 Å². The van der Waals surface area contributed by atoms with Crippen molar-refractivity contribution in [2.75, 3.05) is 14.1 Å². The van der Waals surface area contributed by atoms with Gasteiger partial charge in [0, 0.05) is 14.1 Å². The molecule has 0 radical (unpaired) electrons. The average Bonchev–Trinajstić information content (AvgIpc) is 2.58. The highest BCUT2D eigenvalue weighted by molar-refractivity contribution is 6.37. The summed E-state index contributed by atoms with van der Waals surface area (Å²) in [6, 6.07) is 13.0. The Morgan fingerprint density at radius 2 is 1.88 bits per heavy atom. The molecule has 26 heavy (non-hydrogen) atoms. The van der Waals surface area contributed by atoms with E-state index in [2.05, 4.69) is 0 Å². The van der Waals surface area contributed by atoms with Crippen molar-refractivity contribution in [3.8, 4) is 11.8 Å². The van der Waals surface area contributed by atoms with Crippen molar-refractivity contribution in [2.24, 2.45) is 0 Å². The van der Waals surface area contributed by atoms with Gasteiger partial charge in [0.05, 0.1) is 10.0 Å². The molecule has 0 heterocycles. The first-order valence-corrected chi connectivity index (χ1v) is 8.58. The molecule has 0 fully saturated rings. The number of nitriles is 1. The molecule has 1 amide bonds. The maximum atomic E-state index is 11.9. The fraction of sp³-hybridized carbons (Fsp3) is 0.200. The summed E-state index contributed by atoms with van der Waals surface area (Å²) in [6.07, 6.45) is 1.45. The number of likely N-dealkylation sites (N-methyl/N-ethyl adjacent to an activating group) is 1. The summed E-state index contributed by atoms with van der Waals surface area (Å²) in [5.41, 5.74) is 2.69. The molecule has 0 N–H and O–H groups in total. The first-order chi connectivity index (χ1) is 12.3. The van der Waals surface area contributed by atoms with E-state index in [1.54, 1.807) is 26.2 Å². The van der Waals surface area contributed by atoms with Crippen molar-refractivity contribution in [1.29, 1.82) is 5.26 Å². The number of rotatable bonds is 5. The Balaban J connectivity index is 2.25. The van der Waals surface area contributed by atoms with Gasteiger partial charge in [0.2, 0.25) is 0 Å². The van der Waals surface area contributed by atoms with Gasteiger partial charge in [-0.3, -0.25) is 4.79 Å². The van der Waals surface area contributed by atoms with Crippen LogP contribution < -0.4 is 4.74 Å². The van der Waals surface area contributed by atoms with Crippen molar-refractivity contribution in [3.05, 3.63) is 68.7 Å². The van der Waals surface area contributed by atoms with Crippen LogP contribution in [0, 0.1) is 18.3 Å². The number of benzene rings is 2. The summed E-state index contributed by atoms with van der Waals surface area (Å²) >= 11 is 12.6. The van der Waals surface area contributed by atoms with E-state index in [9.17, 15) is 10.1 Å². The van der Waals surface area contributed by atoms with Crippen LogP contribution in [-0.2, 0) is 11.4 Å². The number of nitrogens with zero attached hydrogens (tertiary/aromatic N) is 2.